The number of methoxy groups -OCH3 is 1. The standard InChI is InChI=1S/C15H26N4O2.2ClH/c1-20-7-6-19-12-17-9-14(19)10-18-4-2-15(3-5-18)8-13(16)11-21-15;;/h9,12-13H,2-8,10-11,16H2,1H3;2*1H. The molecule has 134 valence electrons. The minimum Gasteiger partial charge on any atom is -0.383 e. The molecule has 23 heavy (non-hydrogen) atoms. The lowest BCUT2D eigenvalue weighted by Crippen LogP contribution is -2.44. The van der Waals surface area contributed by atoms with E-state index in [2.05, 4.69) is 14.5 Å². The summed E-state index contributed by atoms with van der Waals surface area (Å²) in [6.07, 6.45) is 7.05. The number of hydrogen-bond acceptors (Lipinski definition) is 5. The first-order chi connectivity index (χ1) is 10.2. The van der Waals surface area contributed by atoms with Crippen molar-refractivity contribution in [2.75, 3.05) is 33.4 Å². The Morgan fingerprint density at radius 3 is 2.74 bits per heavy atom. The second kappa shape index (κ2) is 9.20. The molecule has 0 aromatic carbocycles. The molecule has 1 spiro atoms. The summed E-state index contributed by atoms with van der Waals surface area (Å²) in [7, 11) is 1.73. The topological polar surface area (TPSA) is 65.5 Å². The molecule has 2 N–H and O–H groups in total. The van der Waals surface area contributed by atoms with Crippen molar-refractivity contribution in [2.24, 2.45) is 5.73 Å². The number of piperidine rings is 1. The maximum atomic E-state index is 5.99. The lowest BCUT2D eigenvalue weighted by Gasteiger charge is -2.38. The lowest BCUT2D eigenvalue weighted by atomic mass is 9.87. The Bertz CT molecular complexity index is 464. The van der Waals surface area contributed by atoms with Gasteiger partial charge in [-0.2, -0.15) is 0 Å². The summed E-state index contributed by atoms with van der Waals surface area (Å²) in [5, 5.41) is 0. The predicted molar refractivity (Wildman–Crippen MR) is 94.4 cm³/mol. The van der Waals surface area contributed by atoms with Gasteiger partial charge >= 0.3 is 0 Å². The number of ether oxygens (including phenoxy) is 2. The summed E-state index contributed by atoms with van der Waals surface area (Å²) in [5.74, 6) is 0. The fourth-order valence-electron chi connectivity index (χ4n) is 3.45. The van der Waals surface area contributed by atoms with Crippen LogP contribution in [0.3, 0.4) is 0 Å². The monoisotopic (exact) mass is 366 g/mol. The van der Waals surface area contributed by atoms with E-state index in [0.29, 0.717) is 0 Å². The molecule has 2 aliphatic heterocycles. The van der Waals surface area contributed by atoms with Crippen molar-refractivity contribution in [3.05, 3.63) is 18.2 Å². The van der Waals surface area contributed by atoms with E-state index >= 15 is 0 Å². The fourth-order valence-corrected chi connectivity index (χ4v) is 3.45. The number of rotatable bonds is 5. The highest BCUT2D eigenvalue weighted by Gasteiger charge is 2.41. The molecule has 6 nitrogen and oxygen atoms in total. The molecule has 2 fully saturated rings. The van der Waals surface area contributed by atoms with Crippen LogP contribution in [0.15, 0.2) is 12.5 Å². The summed E-state index contributed by atoms with van der Waals surface area (Å²) in [6.45, 7) is 5.40. The zero-order valence-corrected chi connectivity index (χ0v) is 15.3. The minimum absolute atomic E-state index is 0. The molecule has 1 aromatic heterocycles. The van der Waals surface area contributed by atoms with Gasteiger partial charge in [0, 0.05) is 45.5 Å². The van der Waals surface area contributed by atoms with Crippen molar-refractivity contribution in [1.29, 1.82) is 0 Å². The van der Waals surface area contributed by atoms with Gasteiger partial charge in [0.05, 0.1) is 30.8 Å². The highest BCUT2D eigenvalue weighted by Crippen LogP contribution is 2.35. The molecule has 1 aromatic rings. The van der Waals surface area contributed by atoms with Gasteiger partial charge in [0.2, 0.25) is 0 Å². The second-order valence-electron chi connectivity index (χ2n) is 6.31. The third kappa shape index (κ3) is 5.05. The average Bonchev–Trinajstić information content (AvgIpc) is 3.07. The van der Waals surface area contributed by atoms with Crippen molar-refractivity contribution in [2.45, 2.75) is 44.0 Å². The molecule has 2 aliphatic rings. The highest BCUT2D eigenvalue weighted by atomic mass is 35.5. The van der Waals surface area contributed by atoms with Gasteiger partial charge in [0.15, 0.2) is 0 Å². The molecule has 0 aliphatic carbocycles. The Kier molecular flexibility index (Phi) is 8.27. The molecular weight excluding hydrogens is 339 g/mol. The molecule has 0 saturated carbocycles. The quantitative estimate of drug-likeness (QED) is 0.854. The second-order valence-corrected chi connectivity index (χ2v) is 6.31. The smallest absolute Gasteiger partial charge is 0.0949 e. The van der Waals surface area contributed by atoms with E-state index in [9.17, 15) is 0 Å². The first-order valence-electron chi connectivity index (χ1n) is 7.81. The molecular formula is C15H28Cl2N4O2. The van der Waals surface area contributed by atoms with E-state index in [-0.39, 0.29) is 36.5 Å². The van der Waals surface area contributed by atoms with E-state index in [1.807, 2.05) is 12.5 Å². The van der Waals surface area contributed by atoms with E-state index in [4.69, 9.17) is 15.2 Å². The first kappa shape index (κ1) is 20.7. The van der Waals surface area contributed by atoms with E-state index in [1.165, 1.54) is 5.69 Å². The van der Waals surface area contributed by atoms with E-state index < -0.39 is 0 Å². The van der Waals surface area contributed by atoms with E-state index in [0.717, 1.165) is 58.7 Å². The molecule has 2 saturated heterocycles. The van der Waals surface area contributed by atoms with Crippen LogP contribution in [0.25, 0.3) is 0 Å². The van der Waals surface area contributed by atoms with Crippen LogP contribution in [-0.2, 0) is 22.6 Å². The van der Waals surface area contributed by atoms with Gasteiger partial charge in [0.1, 0.15) is 0 Å². The third-order valence-electron chi connectivity index (χ3n) is 4.73. The van der Waals surface area contributed by atoms with Gasteiger partial charge in [-0.15, -0.1) is 24.8 Å². The summed E-state index contributed by atoms with van der Waals surface area (Å²) < 4.78 is 13.3. The van der Waals surface area contributed by atoms with Gasteiger partial charge in [-0.3, -0.25) is 4.90 Å². The van der Waals surface area contributed by atoms with Crippen LogP contribution in [0.4, 0.5) is 0 Å². The van der Waals surface area contributed by atoms with Crippen molar-refractivity contribution < 1.29 is 9.47 Å². The number of aromatic nitrogens is 2. The molecule has 1 unspecified atom stereocenters. The molecule has 0 radical (unpaired) electrons. The number of imidazole rings is 1. The molecule has 3 heterocycles. The normalized spacial score (nSPS) is 23.5. The Morgan fingerprint density at radius 2 is 2.13 bits per heavy atom. The molecule has 8 heteroatoms. The Labute approximate surface area is 150 Å². The molecule has 3 rings (SSSR count). The van der Waals surface area contributed by atoms with Crippen LogP contribution in [0.5, 0.6) is 0 Å². The predicted octanol–water partition coefficient (Wildman–Crippen LogP) is 1.46. The van der Waals surface area contributed by atoms with Crippen LogP contribution in [0.2, 0.25) is 0 Å². The lowest BCUT2D eigenvalue weighted by molar-refractivity contribution is -0.0451. The number of nitrogens with two attached hydrogens (primary N) is 1. The third-order valence-corrected chi connectivity index (χ3v) is 4.73. The minimum atomic E-state index is 0. The summed E-state index contributed by atoms with van der Waals surface area (Å²) >= 11 is 0. The first-order valence-corrected chi connectivity index (χ1v) is 7.81. The summed E-state index contributed by atoms with van der Waals surface area (Å²) in [6, 6.07) is 0.229. The van der Waals surface area contributed by atoms with E-state index in [1.54, 1.807) is 7.11 Å². The van der Waals surface area contributed by atoms with Crippen LogP contribution in [0, 0.1) is 0 Å². The Balaban J connectivity index is 0.00000132. The number of likely N-dealkylation sites (tertiary alicyclic amines) is 1. The highest BCUT2D eigenvalue weighted by molar-refractivity contribution is 5.85. The van der Waals surface area contributed by atoms with Crippen LogP contribution in [0.1, 0.15) is 25.0 Å². The van der Waals surface area contributed by atoms with Crippen LogP contribution < -0.4 is 5.73 Å². The van der Waals surface area contributed by atoms with Crippen molar-refractivity contribution in [1.82, 2.24) is 14.5 Å². The van der Waals surface area contributed by atoms with Gasteiger partial charge in [0.25, 0.3) is 0 Å². The van der Waals surface area contributed by atoms with Gasteiger partial charge in [-0.1, -0.05) is 0 Å². The summed E-state index contributed by atoms with van der Waals surface area (Å²) in [5.41, 5.74) is 7.31. The Hall–Kier alpha value is -0.370. The maximum absolute atomic E-state index is 5.99. The van der Waals surface area contributed by atoms with Crippen molar-refractivity contribution in [3.8, 4) is 0 Å². The average molecular weight is 367 g/mol. The molecule has 0 amide bonds. The number of nitrogens with zero attached hydrogens (tertiary/aromatic N) is 3. The van der Waals surface area contributed by atoms with Gasteiger partial charge in [-0.25, -0.2) is 4.98 Å². The van der Waals surface area contributed by atoms with Crippen molar-refractivity contribution in [3.63, 3.8) is 0 Å². The van der Waals surface area contributed by atoms with Crippen LogP contribution >= 0.6 is 24.8 Å². The van der Waals surface area contributed by atoms with Crippen LogP contribution in [-0.4, -0.2) is 59.5 Å². The largest absolute Gasteiger partial charge is 0.383 e. The number of halogens is 2. The zero-order chi connectivity index (χ0) is 14.7. The number of hydrogen-bond donors (Lipinski definition) is 1. The maximum Gasteiger partial charge on any atom is 0.0949 e. The zero-order valence-electron chi connectivity index (χ0n) is 13.6. The van der Waals surface area contributed by atoms with Gasteiger partial charge < -0.3 is 19.8 Å². The molecule has 0 bridgehead atoms. The van der Waals surface area contributed by atoms with Crippen molar-refractivity contribution >= 4 is 24.8 Å². The summed E-state index contributed by atoms with van der Waals surface area (Å²) in [4.78, 5) is 6.75. The molecule has 1 atom stereocenters. The SMILES string of the molecule is COCCn1cncc1CN1CCC2(CC1)CC(N)CO2.Cl.Cl. The van der Waals surface area contributed by atoms with Gasteiger partial charge in [-0.05, 0) is 19.3 Å². The fraction of sp³-hybridized carbons (Fsp3) is 0.800. The Morgan fingerprint density at radius 1 is 1.39 bits per heavy atom.